The average Bonchev–Trinajstić information content (AvgIpc) is 3.34. The fourth-order valence-corrected chi connectivity index (χ4v) is 5.65. The minimum Gasteiger partial charge on any atom is -0.370 e. The van der Waals surface area contributed by atoms with Crippen LogP contribution in [-0.4, -0.2) is 56.3 Å². The first-order valence-electron chi connectivity index (χ1n) is 10.6. The van der Waals surface area contributed by atoms with Gasteiger partial charge in [0.15, 0.2) is 0 Å². The Labute approximate surface area is 178 Å². The maximum Gasteiger partial charge on any atom is 0.251 e. The topological polar surface area (TPSA) is 82.6 Å². The van der Waals surface area contributed by atoms with Crippen LogP contribution in [-0.2, 0) is 10.0 Å². The Morgan fingerprint density at radius 1 is 1.03 bits per heavy atom. The van der Waals surface area contributed by atoms with E-state index in [-0.39, 0.29) is 10.8 Å². The van der Waals surface area contributed by atoms with Crippen LogP contribution < -0.4 is 10.2 Å². The van der Waals surface area contributed by atoms with E-state index in [0.717, 1.165) is 44.5 Å². The summed E-state index contributed by atoms with van der Waals surface area (Å²) in [5.41, 5.74) is 1.63. The number of hydrogen-bond donors (Lipinski definition) is 1. The van der Waals surface area contributed by atoms with Gasteiger partial charge < -0.3 is 10.2 Å². The maximum atomic E-state index is 12.6. The molecule has 0 radical (unpaired) electrons. The van der Waals surface area contributed by atoms with Crippen molar-refractivity contribution in [2.45, 2.75) is 30.6 Å². The summed E-state index contributed by atoms with van der Waals surface area (Å²) < 4.78 is 26.7. The lowest BCUT2D eigenvalue weighted by Gasteiger charge is -2.33. The van der Waals surface area contributed by atoms with Gasteiger partial charge in [0, 0.05) is 44.5 Å². The molecule has 0 bridgehead atoms. The van der Waals surface area contributed by atoms with E-state index in [1.807, 2.05) is 12.3 Å². The first-order valence-corrected chi connectivity index (χ1v) is 12.0. The number of carbonyl (C=O) groups is 1. The van der Waals surface area contributed by atoms with Gasteiger partial charge in [-0.3, -0.25) is 9.78 Å². The Balaban J connectivity index is 1.27. The summed E-state index contributed by atoms with van der Waals surface area (Å²) in [6.07, 6.45) is 7.50. The van der Waals surface area contributed by atoms with E-state index < -0.39 is 10.0 Å². The van der Waals surface area contributed by atoms with E-state index in [9.17, 15) is 13.2 Å². The monoisotopic (exact) mass is 428 g/mol. The maximum absolute atomic E-state index is 12.6. The third-order valence-corrected chi connectivity index (χ3v) is 7.91. The first-order chi connectivity index (χ1) is 14.5. The van der Waals surface area contributed by atoms with Crippen molar-refractivity contribution >= 4 is 21.6 Å². The smallest absolute Gasteiger partial charge is 0.251 e. The molecule has 0 atom stereocenters. The second kappa shape index (κ2) is 9.14. The van der Waals surface area contributed by atoms with Crippen LogP contribution in [0.5, 0.6) is 0 Å². The summed E-state index contributed by atoms with van der Waals surface area (Å²) in [5, 5.41) is 3.01. The largest absolute Gasteiger partial charge is 0.370 e. The van der Waals surface area contributed by atoms with Gasteiger partial charge in [-0.2, -0.15) is 4.31 Å². The van der Waals surface area contributed by atoms with Gasteiger partial charge in [0.05, 0.1) is 16.8 Å². The molecule has 2 aliphatic heterocycles. The van der Waals surface area contributed by atoms with Crippen molar-refractivity contribution < 1.29 is 13.2 Å². The molecule has 1 amide bonds. The van der Waals surface area contributed by atoms with Crippen molar-refractivity contribution in [3.05, 3.63) is 54.4 Å². The number of amides is 1. The summed E-state index contributed by atoms with van der Waals surface area (Å²) in [7, 11) is -3.45. The van der Waals surface area contributed by atoms with E-state index in [1.54, 1.807) is 18.3 Å². The fraction of sp³-hybridized carbons (Fsp3) is 0.455. The summed E-state index contributed by atoms with van der Waals surface area (Å²) in [5.74, 6) is 0.284. The van der Waals surface area contributed by atoms with Crippen LogP contribution in [0.15, 0.2) is 53.7 Å². The van der Waals surface area contributed by atoms with Gasteiger partial charge in [0.1, 0.15) is 0 Å². The number of pyridine rings is 1. The molecule has 3 heterocycles. The lowest BCUT2D eigenvalue weighted by atomic mass is 9.96. The molecule has 1 aromatic carbocycles. The molecule has 8 heteroatoms. The van der Waals surface area contributed by atoms with E-state index in [2.05, 4.69) is 21.3 Å². The van der Waals surface area contributed by atoms with Gasteiger partial charge in [0.2, 0.25) is 10.0 Å². The van der Waals surface area contributed by atoms with E-state index >= 15 is 0 Å². The number of anilines is 1. The predicted molar refractivity (Wildman–Crippen MR) is 116 cm³/mol. The fourth-order valence-electron chi connectivity index (χ4n) is 4.13. The number of sulfonamides is 1. The minimum absolute atomic E-state index is 0.158. The first kappa shape index (κ1) is 20.8. The molecule has 4 rings (SSSR count). The molecular formula is C22H28N4O3S. The Hall–Kier alpha value is -2.45. The van der Waals surface area contributed by atoms with Crippen LogP contribution >= 0.6 is 0 Å². The zero-order valence-electron chi connectivity index (χ0n) is 17.0. The third-order valence-electron chi connectivity index (χ3n) is 6.00. The molecule has 2 aliphatic rings. The van der Waals surface area contributed by atoms with Gasteiger partial charge in [-0.15, -0.1) is 0 Å². The zero-order chi connectivity index (χ0) is 21.0. The summed E-state index contributed by atoms with van der Waals surface area (Å²) in [4.78, 5) is 19.3. The molecule has 2 saturated heterocycles. The Kier molecular flexibility index (Phi) is 6.34. The number of piperidine rings is 1. The van der Waals surface area contributed by atoms with Crippen LogP contribution in [0.2, 0.25) is 0 Å². The highest BCUT2D eigenvalue weighted by atomic mass is 32.2. The molecule has 1 N–H and O–H groups in total. The van der Waals surface area contributed by atoms with Gasteiger partial charge in [-0.1, -0.05) is 0 Å². The van der Waals surface area contributed by atoms with Crippen molar-refractivity contribution in [3.63, 3.8) is 0 Å². The number of nitrogens with one attached hydrogen (secondary N) is 1. The van der Waals surface area contributed by atoms with Crippen LogP contribution in [0.25, 0.3) is 0 Å². The van der Waals surface area contributed by atoms with Crippen molar-refractivity contribution in [3.8, 4) is 0 Å². The lowest BCUT2D eigenvalue weighted by Crippen LogP contribution is -2.38. The van der Waals surface area contributed by atoms with Crippen LogP contribution in [0.4, 0.5) is 5.69 Å². The van der Waals surface area contributed by atoms with Crippen molar-refractivity contribution in [2.75, 3.05) is 37.6 Å². The quantitative estimate of drug-likeness (QED) is 0.765. The third kappa shape index (κ3) is 4.65. The number of rotatable bonds is 6. The normalized spacial score (nSPS) is 18.5. The average molecular weight is 429 g/mol. The summed E-state index contributed by atoms with van der Waals surface area (Å²) in [6, 6.07) is 10.3. The standard InChI is InChI=1S/C22H28N4O3S/c27-22(19-5-7-21(8-6-19)30(28,29)26-12-1-2-13-26)24-16-18-9-14-25(15-10-18)20-4-3-11-23-17-20/h3-8,11,17-18H,1-2,9-10,12-16H2,(H,24,27). The second-order valence-electron chi connectivity index (χ2n) is 7.99. The number of benzene rings is 1. The second-order valence-corrected chi connectivity index (χ2v) is 9.93. The number of nitrogens with zero attached hydrogens (tertiary/aromatic N) is 3. The van der Waals surface area contributed by atoms with Gasteiger partial charge >= 0.3 is 0 Å². The van der Waals surface area contributed by atoms with E-state index in [0.29, 0.717) is 31.1 Å². The molecule has 7 nitrogen and oxygen atoms in total. The molecule has 1 aromatic heterocycles. The van der Waals surface area contributed by atoms with Crippen molar-refractivity contribution in [2.24, 2.45) is 5.92 Å². The molecule has 2 fully saturated rings. The van der Waals surface area contributed by atoms with E-state index in [1.165, 1.54) is 16.4 Å². The van der Waals surface area contributed by atoms with Crippen LogP contribution in [0.1, 0.15) is 36.0 Å². The number of hydrogen-bond acceptors (Lipinski definition) is 5. The van der Waals surface area contributed by atoms with Crippen molar-refractivity contribution in [1.82, 2.24) is 14.6 Å². The Bertz CT molecular complexity index is 950. The highest BCUT2D eigenvalue weighted by Crippen LogP contribution is 2.23. The number of aromatic nitrogens is 1. The number of carbonyl (C=O) groups excluding carboxylic acids is 1. The minimum atomic E-state index is -3.45. The van der Waals surface area contributed by atoms with Crippen LogP contribution in [0, 0.1) is 5.92 Å². The summed E-state index contributed by atoms with van der Waals surface area (Å²) in [6.45, 7) is 3.69. The van der Waals surface area contributed by atoms with Gasteiger partial charge in [-0.25, -0.2) is 8.42 Å². The van der Waals surface area contributed by atoms with Crippen molar-refractivity contribution in [1.29, 1.82) is 0 Å². The zero-order valence-corrected chi connectivity index (χ0v) is 17.9. The van der Waals surface area contributed by atoms with Gasteiger partial charge in [0.25, 0.3) is 5.91 Å². The molecule has 160 valence electrons. The molecule has 0 unspecified atom stereocenters. The highest BCUT2D eigenvalue weighted by molar-refractivity contribution is 7.89. The lowest BCUT2D eigenvalue weighted by molar-refractivity contribution is 0.0945. The molecule has 0 saturated carbocycles. The molecule has 30 heavy (non-hydrogen) atoms. The van der Waals surface area contributed by atoms with Gasteiger partial charge in [-0.05, 0) is 68.0 Å². The summed E-state index contributed by atoms with van der Waals surface area (Å²) >= 11 is 0. The SMILES string of the molecule is O=C(NCC1CCN(c2cccnc2)CC1)c1ccc(S(=O)(=O)N2CCCC2)cc1. The highest BCUT2D eigenvalue weighted by Gasteiger charge is 2.27. The Morgan fingerprint density at radius 2 is 1.73 bits per heavy atom. The molecule has 0 spiro atoms. The molecule has 2 aromatic rings. The Morgan fingerprint density at radius 3 is 2.37 bits per heavy atom. The molecular weight excluding hydrogens is 400 g/mol. The molecule has 0 aliphatic carbocycles. The predicted octanol–water partition coefficient (Wildman–Crippen LogP) is 2.51. The van der Waals surface area contributed by atoms with Crippen LogP contribution in [0.3, 0.4) is 0 Å². The van der Waals surface area contributed by atoms with E-state index in [4.69, 9.17) is 0 Å².